The van der Waals surface area contributed by atoms with Crippen molar-refractivity contribution in [1.29, 1.82) is 0 Å². The number of rotatable bonds is 8. The third kappa shape index (κ3) is 4.93. The van der Waals surface area contributed by atoms with Gasteiger partial charge in [0, 0.05) is 23.2 Å². The van der Waals surface area contributed by atoms with Gasteiger partial charge in [-0.2, -0.15) is 0 Å². The number of carbonyl (C=O) groups excluding carboxylic acids is 1. The highest BCUT2D eigenvalue weighted by molar-refractivity contribution is 6.30. The van der Waals surface area contributed by atoms with E-state index in [1.54, 1.807) is 32.4 Å². The molecule has 0 saturated heterocycles. The van der Waals surface area contributed by atoms with E-state index in [4.69, 9.17) is 25.6 Å². The molecule has 0 aliphatic rings. The summed E-state index contributed by atoms with van der Waals surface area (Å²) in [7, 11) is 7.08. The van der Waals surface area contributed by atoms with Gasteiger partial charge in [-0.1, -0.05) is 22.8 Å². The Kier molecular flexibility index (Phi) is 6.97. The van der Waals surface area contributed by atoms with Crippen LogP contribution in [0.25, 0.3) is 11.3 Å². The first-order valence-electron chi connectivity index (χ1n) is 9.32. The summed E-state index contributed by atoms with van der Waals surface area (Å²) >= 11 is 5.91. The maximum absolute atomic E-state index is 12.6. The molecule has 0 radical (unpaired) electrons. The molecule has 30 heavy (non-hydrogen) atoms. The molecule has 0 bridgehead atoms. The van der Waals surface area contributed by atoms with Gasteiger partial charge in [0.2, 0.25) is 0 Å². The molecule has 0 aliphatic heterocycles. The molecule has 1 heterocycles. The lowest BCUT2D eigenvalue weighted by Gasteiger charge is -2.25. The van der Waals surface area contributed by atoms with Crippen molar-refractivity contribution in [2.24, 2.45) is 0 Å². The zero-order valence-corrected chi connectivity index (χ0v) is 18.1. The van der Waals surface area contributed by atoms with Crippen molar-refractivity contribution < 1.29 is 18.8 Å². The predicted molar refractivity (Wildman–Crippen MR) is 115 cm³/mol. The second-order valence-corrected chi connectivity index (χ2v) is 7.32. The van der Waals surface area contributed by atoms with Crippen LogP contribution in [0.5, 0.6) is 11.5 Å². The van der Waals surface area contributed by atoms with Crippen molar-refractivity contribution in [3.63, 3.8) is 0 Å². The van der Waals surface area contributed by atoms with E-state index in [0.29, 0.717) is 28.8 Å². The molecule has 3 rings (SSSR count). The molecule has 0 fully saturated rings. The van der Waals surface area contributed by atoms with Gasteiger partial charge in [0.15, 0.2) is 23.0 Å². The van der Waals surface area contributed by atoms with E-state index in [0.717, 1.165) is 11.1 Å². The van der Waals surface area contributed by atoms with E-state index >= 15 is 0 Å². The molecule has 1 unspecified atom stereocenters. The minimum atomic E-state index is -0.314. The molecule has 1 N–H and O–H groups in total. The Morgan fingerprint density at radius 1 is 1.10 bits per heavy atom. The van der Waals surface area contributed by atoms with Crippen LogP contribution < -0.4 is 14.8 Å². The number of aromatic nitrogens is 1. The normalized spacial score (nSPS) is 11.9. The molecule has 0 saturated carbocycles. The van der Waals surface area contributed by atoms with Crippen molar-refractivity contribution in [2.75, 3.05) is 34.9 Å². The van der Waals surface area contributed by atoms with E-state index < -0.39 is 0 Å². The number of hydrogen-bond acceptors (Lipinski definition) is 6. The molecule has 1 atom stereocenters. The Morgan fingerprint density at radius 3 is 2.43 bits per heavy atom. The lowest BCUT2D eigenvalue weighted by molar-refractivity contribution is 0.0933. The highest BCUT2D eigenvalue weighted by Crippen LogP contribution is 2.31. The summed E-state index contributed by atoms with van der Waals surface area (Å²) in [5.41, 5.74) is 1.99. The summed E-state index contributed by atoms with van der Waals surface area (Å²) in [6.45, 7) is 0.379. The van der Waals surface area contributed by atoms with Crippen molar-refractivity contribution in [3.05, 3.63) is 64.8 Å². The number of nitrogens with one attached hydrogen (secondary N) is 1. The highest BCUT2D eigenvalue weighted by atomic mass is 35.5. The number of likely N-dealkylation sites (N-methyl/N-ethyl adjacent to an activating group) is 1. The Hall–Kier alpha value is -3.03. The summed E-state index contributed by atoms with van der Waals surface area (Å²) in [5.74, 6) is 1.48. The molecular weight excluding hydrogens is 406 g/mol. The van der Waals surface area contributed by atoms with Crippen molar-refractivity contribution in [1.82, 2.24) is 15.4 Å². The Morgan fingerprint density at radius 2 is 1.80 bits per heavy atom. The lowest BCUT2D eigenvalue weighted by atomic mass is 10.0. The summed E-state index contributed by atoms with van der Waals surface area (Å²) in [6.07, 6.45) is 0. The van der Waals surface area contributed by atoms with Crippen LogP contribution in [0, 0.1) is 0 Å². The van der Waals surface area contributed by atoms with Gasteiger partial charge in [0.05, 0.1) is 20.3 Å². The van der Waals surface area contributed by atoms with Crippen molar-refractivity contribution in [3.8, 4) is 22.8 Å². The third-order valence-electron chi connectivity index (χ3n) is 4.74. The van der Waals surface area contributed by atoms with Gasteiger partial charge >= 0.3 is 0 Å². The van der Waals surface area contributed by atoms with Crippen molar-refractivity contribution >= 4 is 17.5 Å². The van der Waals surface area contributed by atoms with Gasteiger partial charge in [0.1, 0.15) is 0 Å². The van der Waals surface area contributed by atoms with Crippen LogP contribution in [0.1, 0.15) is 22.1 Å². The number of carbonyl (C=O) groups is 1. The molecule has 3 aromatic rings. The number of ether oxygens (including phenoxy) is 2. The largest absolute Gasteiger partial charge is 0.493 e. The molecule has 2 aromatic carbocycles. The number of hydrogen-bond donors (Lipinski definition) is 1. The Bertz CT molecular complexity index is 1000. The zero-order chi connectivity index (χ0) is 21.7. The van der Waals surface area contributed by atoms with E-state index in [2.05, 4.69) is 10.5 Å². The first-order valence-corrected chi connectivity index (χ1v) is 9.70. The molecule has 7 nitrogen and oxygen atoms in total. The van der Waals surface area contributed by atoms with E-state index in [1.165, 1.54) is 0 Å². The first kappa shape index (κ1) is 21.7. The molecule has 8 heteroatoms. The minimum Gasteiger partial charge on any atom is -0.493 e. The summed E-state index contributed by atoms with van der Waals surface area (Å²) in [4.78, 5) is 14.6. The molecule has 1 aromatic heterocycles. The fourth-order valence-corrected chi connectivity index (χ4v) is 3.20. The fourth-order valence-electron chi connectivity index (χ4n) is 3.07. The standard InChI is InChI=1S/C22H24ClN3O4/c1-26(2)18(15-7-10-19(28-3)21(11-15)29-4)13-24-22(27)17-12-20(30-25-17)14-5-8-16(23)9-6-14/h5-12,18H,13H2,1-4H3,(H,24,27). The SMILES string of the molecule is COc1ccc(C(CNC(=O)c2cc(-c3ccc(Cl)cc3)on2)N(C)C)cc1OC. The smallest absolute Gasteiger partial charge is 0.273 e. The first-order chi connectivity index (χ1) is 14.4. The highest BCUT2D eigenvalue weighted by Gasteiger charge is 2.20. The van der Waals surface area contributed by atoms with E-state index in [9.17, 15) is 4.79 Å². The maximum atomic E-state index is 12.6. The van der Waals surface area contributed by atoms with Crippen LogP contribution >= 0.6 is 11.6 Å². The van der Waals surface area contributed by atoms with Gasteiger partial charge in [-0.05, 0) is 56.1 Å². The molecule has 158 valence electrons. The monoisotopic (exact) mass is 429 g/mol. The van der Waals surface area contributed by atoms with Crippen LogP contribution in [0.15, 0.2) is 53.1 Å². The zero-order valence-electron chi connectivity index (χ0n) is 17.3. The molecular formula is C22H24ClN3O4. The number of nitrogens with zero attached hydrogens (tertiary/aromatic N) is 2. The number of methoxy groups -OCH3 is 2. The maximum Gasteiger partial charge on any atom is 0.273 e. The van der Waals surface area contributed by atoms with Crippen LogP contribution in [0.3, 0.4) is 0 Å². The molecule has 0 aliphatic carbocycles. The van der Waals surface area contributed by atoms with Gasteiger partial charge in [-0.3, -0.25) is 4.79 Å². The average molecular weight is 430 g/mol. The summed E-state index contributed by atoms with van der Waals surface area (Å²) in [6, 6.07) is 14.4. The fraction of sp³-hybridized carbons (Fsp3) is 0.273. The van der Waals surface area contributed by atoms with Crippen LogP contribution in [0.4, 0.5) is 0 Å². The van der Waals surface area contributed by atoms with E-state index in [1.807, 2.05) is 49.3 Å². The lowest BCUT2D eigenvalue weighted by Crippen LogP contribution is -2.34. The third-order valence-corrected chi connectivity index (χ3v) is 5.00. The topological polar surface area (TPSA) is 76.8 Å². The second-order valence-electron chi connectivity index (χ2n) is 6.89. The van der Waals surface area contributed by atoms with Gasteiger partial charge in [-0.15, -0.1) is 0 Å². The van der Waals surface area contributed by atoms with E-state index in [-0.39, 0.29) is 17.6 Å². The predicted octanol–water partition coefficient (Wildman–Crippen LogP) is 4.04. The second kappa shape index (κ2) is 9.65. The van der Waals surface area contributed by atoms with Crippen LogP contribution in [-0.2, 0) is 0 Å². The quantitative estimate of drug-likeness (QED) is 0.582. The van der Waals surface area contributed by atoms with Crippen molar-refractivity contribution in [2.45, 2.75) is 6.04 Å². The minimum absolute atomic E-state index is 0.0728. The number of halogens is 1. The summed E-state index contributed by atoms with van der Waals surface area (Å²) < 4.78 is 16.0. The average Bonchev–Trinajstić information content (AvgIpc) is 3.24. The van der Waals surface area contributed by atoms with Gasteiger partial charge in [-0.25, -0.2) is 0 Å². The Balaban J connectivity index is 1.71. The van der Waals surface area contributed by atoms with Gasteiger partial charge < -0.3 is 24.2 Å². The molecule has 0 spiro atoms. The summed E-state index contributed by atoms with van der Waals surface area (Å²) in [5, 5.41) is 7.44. The molecule has 1 amide bonds. The number of benzene rings is 2. The van der Waals surface area contributed by atoms with Gasteiger partial charge in [0.25, 0.3) is 5.91 Å². The Labute approximate surface area is 180 Å². The van der Waals surface area contributed by atoms with Crippen LogP contribution in [0.2, 0.25) is 5.02 Å². The number of amides is 1. The van der Waals surface area contributed by atoms with Crippen LogP contribution in [-0.4, -0.2) is 50.8 Å².